The lowest BCUT2D eigenvalue weighted by Crippen LogP contribution is -2.38. The number of benzene rings is 1. The van der Waals surface area contributed by atoms with E-state index in [9.17, 15) is 5.11 Å². The predicted molar refractivity (Wildman–Crippen MR) is 84.1 cm³/mol. The van der Waals surface area contributed by atoms with Gasteiger partial charge in [-0.3, -0.25) is 4.98 Å². The van der Waals surface area contributed by atoms with Crippen molar-refractivity contribution in [3.8, 4) is 0 Å². The Morgan fingerprint density at radius 1 is 1.14 bits per heavy atom. The van der Waals surface area contributed by atoms with E-state index >= 15 is 0 Å². The van der Waals surface area contributed by atoms with E-state index in [1.807, 2.05) is 30.3 Å². The summed E-state index contributed by atoms with van der Waals surface area (Å²) in [6, 6.07) is 10.0. The number of hydrogen-bond donors (Lipinski definition) is 1. The van der Waals surface area contributed by atoms with E-state index < -0.39 is 11.7 Å². The fourth-order valence-corrected chi connectivity index (χ4v) is 3.46. The molecule has 1 aromatic heterocycles. The SMILES string of the molecule is COC1(C(O)c2cnc3ccccc3c2)CCCCCC1. The number of nitrogens with zero attached hydrogens (tertiary/aromatic N) is 1. The molecule has 112 valence electrons. The van der Waals surface area contributed by atoms with Gasteiger partial charge in [0.2, 0.25) is 0 Å². The molecule has 0 spiro atoms. The highest BCUT2D eigenvalue weighted by Gasteiger charge is 2.39. The maximum atomic E-state index is 10.9. The third kappa shape index (κ3) is 2.81. The molecule has 0 aliphatic heterocycles. The Morgan fingerprint density at radius 2 is 1.86 bits per heavy atom. The third-order valence-corrected chi connectivity index (χ3v) is 4.78. The number of aliphatic hydroxyl groups excluding tert-OH is 1. The van der Waals surface area contributed by atoms with Crippen molar-refractivity contribution in [1.82, 2.24) is 4.98 Å². The summed E-state index contributed by atoms with van der Waals surface area (Å²) in [4.78, 5) is 4.47. The van der Waals surface area contributed by atoms with Crippen molar-refractivity contribution in [1.29, 1.82) is 0 Å². The first-order valence-electron chi connectivity index (χ1n) is 7.83. The number of para-hydroxylation sites is 1. The quantitative estimate of drug-likeness (QED) is 0.866. The standard InChI is InChI=1S/C18H23NO2/c1-21-18(10-6-2-3-7-11-18)17(20)15-12-14-8-4-5-9-16(14)19-13-15/h4-5,8-9,12-13,17,20H,2-3,6-7,10-11H2,1H3. The van der Waals surface area contributed by atoms with Crippen molar-refractivity contribution < 1.29 is 9.84 Å². The molecule has 1 aromatic carbocycles. The summed E-state index contributed by atoms with van der Waals surface area (Å²) in [7, 11) is 1.73. The molecule has 0 radical (unpaired) electrons. The Kier molecular flexibility index (Phi) is 4.22. The highest BCUT2D eigenvalue weighted by molar-refractivity contribution is 5.78. The minimum atomic E-state index is -0.613. The highest BCUT2D eigenvalue weighted by Crippen LogP contribution is 2.40. The molecule has 0 saturated heterocycles. The largest absolute Gasteiger partial charge is 0.385 e. The van der Waals surface area contributed by atoms with E-state index in [4.69, 9.17) is 4.74 Å². The molecular weight excluding hydrogens is 262 g/mol. The first-order chi connectivity index (χ1) is 10.2. The molecule has 1 heterocycles. The Labute approximate surface area is 126 Å². The van der Waals surface area contributed by atoms with E-state index in [0.29, 0.717) is 0 Å². The van der Waals surface area contributed by atoms with E-state index in [2.05, 4.69) is 4.98 Å². The Bertz CT molecular complexity index is 603. The van der Waals surface area contributed by atoms with Crippen LogP contribution in [0.25, 0.3) is 10.9 Å². The number of methoxy groups -OCH3 is 1. The summed E-state index contributed by atoms with van der Waals surface area (Å²) < 4.78 is 5.81. The summed E-state index contributed by atoms with van der Waals surface area (Å²) in [6.07, 6.45) is 7.70. The second-order valence-electron chi connectivity index (χ2n) is 6.05. The minimum absolute atomic E-state index is 0.458. The van der Waals surface area contributed by atoms with Crippen LogP contribution in [0.3, 0.4) is 0 Å². The fraction of sp³-hybridized carbons (Fsp3) is 0.500. The van der Waals surface area contributed by atoms with Crippen LogP contribution in [-0.2, 0) is 4.74 Å². The van der Waals surface area contributed by atoms with Crippen molar-refractivity contribution in [2.45, 2.75) is 50.2 Å². The zero-order valence-electron chi connectivity index (χ0n) is 12.6. The number of fused-ring (bicyclic) bond motifs is 1. The summed E-state index contributed by atoms with van der Waals surface area (Å²) >= 11 is 0. The molecule has 1 saturated carbocycles. The summed E-state index contributed by atoms with van der Waals surface area (Å²) in [6.45, 7) is 0. The second kappa shape index (κ2) is 6.12. The third-order valence-electron chi connectivity index (χ3n) is 4.78. The van der Waals surface area contributed by atoms with Crippen LogP contribution in [0.2, 0.25) is 0 Å². The molecule has 1 N–H and O–H groups in total. The van der Waals surface area contributed by atoms with Gasteiger partial charge in [0.15, 0.2) is 0 Å². The van der Waals surface area contributed by atoms with Crippen LogP contribution in [0.5, 0.6) is 0 Å². The fourth-order valence-electron chi connectivity index (χ4n) is 3.46. The molecule has 2 aromatic rings. The summed E-state index contributed by atoms with van der Waals surface area (Å²) in [5, 5.41) is 12.0. The molecule has 3 rings (SSSR count). The van der Waals surface area contributed by atoms with Crippen LogP contribution in [0.1, 0.15) is 50.2 Å². The molecule has 21 heavy (non-hydrogen) atoms. The molecule has 3 heteroatoms. The van der Waals surface area contributed by atoms with E-state index in [-0.39, 0.29) is 0 Å². The smallest absolute Gasteiger partial charge is 0.109 e. The second-order valence-corrected chi connectivity index (χ2v) is 6.05. The minimum Gasteiger partial charge on any atom is -0.385 e. The number of pyridine rings is 1. The lowest BCUT2D eigenvalue weighted by atomic mass is 9.84. The topological polar surface area (TPSA) is 42.4 Å². The van der Waals surface area contributed by atoms with E-state index in [1.54, 1.807) is 13.3 Å². The Morgan fingerprint density at radius 3 is 2.57 bits per heavy atom. The lowest BCUT2D eigenvalue weighted by molar-refractivity contribution is -0.114. The van der Waals surface area contributed by atoms with Gasteiger partial charge in [0.1, 0.15) is 6.10 Å². The molecule has 1 unspecified atom stereocenters. The van der Waals surface area contributed by atoms with Gasteiger partial charge in [-0.25, -0.2) is 0 Å². The molecule has 1 aliphatic rings. The van der Waals surface area contributed by atoms with Crippen LogP contribution in [0.15, 0.2) is 36.5 Å². The predicted octanol–water partition coefficient (Wildman–Crippen LogP) is 4.01. The maximum Gasteiger partial charge on any atom is 0.109 e. The van der Waals surface area contributed by atoms with Gasteiger partial charge >= 0.3 is 0 Å². The average molecular weight is 285 g/mol. The summed E-state index contributed by atoms with van der Waals surface area (Å²) in [5.41, 5.74) is 1.36. The maximum absolute atomic E-state index is 10.9. The Balaban J connectivity index is 1.95. The summed E-state index contributed by atoms with van der Waals surface area (Å²) in [5.74, 6) is 0. The van der Waals surface area contributed by atoms with Crippen molar-refractivity contribution >= 4 is 10.9 Å². The van der Waals surface area contributed by atoms with Gasteiger partial charge < -0.3 is 9.84 Å². The molecule has 0 amide bonds. The monoisotopic (exact) mass is 285 g/mol. The molecule has 1 atom stereocenters. The van der Waals surface area contributed by atoms with Crippen molar-refractivity contribution in [2.24, 2.45) is 0 Å². The van der Waals surface area contributed by atoms with Crippen LogP contribution >= 0.6 is 0 Å². The number of rotatable bonds is 3. The van der Waals surface area contributed by atoms with Gasteiger partial charge in [-0.1, -0.05) is 43.9 Å². The van der Waals surface area contributed by atoms with Gasteiger partial charge in [0.05, 0.1) is 11.1 Å². The Hall–Kier alpha value is -1.45. The first kappa shape index (κ1) is 14.5. The highest BCUT2D eigenvalue weighted by atomic mass is 16.5. The van der Waals surface area contributed by atoms with Gasteiger partial charge in [-0.05, 0) is 25.0 Å². The zero-order chi connectivity index (χ0) is 14.7. The van der Waals surface area contributed by atoms with Gasteiger partial charge in [0.25, 0.3) is 0 Å². The number of aliphatic hydroxyl groups is 1. The van der Waals surface area contributed by atoms with Crippen LogP contribution in [0, 0.1) is 0 Å². The van der Waals surface area contributed by atoms with E-state index in [1.165, 1.54) is 12.8 Å². The molecule has 3 nitrogen and oxygen atoms in total. The number of ether oxygens (including phenoxy) is 1. The van der Waals surface area contributed by atoms with Gasteiger partial charge in [-0.15, -0.1) is 0 Å². The molecule has 1 aliphatic carbocycles. The normalized spacial score (nSPS) is 20.1. The lowest BCUT2D eigenvalue weighted by Gasteiger charge is -2.36. The average Bonchev–Trinajstić information content (AvgIpc) is 2.80. The first-order valence-corrected chi connectivity index (χ1v) is 7.83. The van der Waals surface area contributed by atoms with Gasteiger partial charge in [0, 0.05) is 24.3 Å². The number of aromatic nitrogens is 1. The molecular formula is C18H23NO2. The van der Waals surface area contributed by atoms with Gasteiger partial charge in [-0.2, -0.15) is 0 Å². The zero-order valence-corrected chi connectivity index (χ0v) is 12.6. The van der Waals surface area contributed by atoms with Crippen LogP contribution < -0.4 is 0 Å². The molecule has 1 fully saturated rings. The number of hydrogen-bond acceptors (Lipinski definition) is 3. The van der Waals surface area contributed by atoms with Crippen molar-refractivity contribution in [2.75, 3.05) is 7.11 Å². The van der Waals surface area contributed by atoms with Crippen molar-refractivity contribution in [3.05, 3.63) is 42.1 Å². The van der Waals surface area contributed by atoms with Crippen LogP contribution in [-0.4, -0.2) is 22.8 Å². The van der Waals surface area contributed by atoms with Crippen LogP contribution in [0.4, 0.5) is 0 Å². The van der Waals surface area contributed by atoms with Crippen molar-refractivity contribution in [3.63, 3.8) is 0 Å². The molecule has 0 bridgehead atoms. The van der Waals surface area contributed by atoms with E-state index in [0.717, 1.165) is 42.1 Å².